The molecule has 8 nitrogen and oxygen atoms in total. The summed E-state index contributed by atoms with van der Waals surface area (Å²) in [5.41, 5.74) is 0.200. The van der Waals surface area contributed by atoms with E-state index < -0.39 is 18.2 Å². The summed E-state index contributed by atoms with van der Waals surface area (Å²) in [6.45, 7) is -0.199. The molecule has 8 heteroatoms. The Morgan fingerprint density at radius 2 is 2.16 bits per heavy atom. The van der Waals surface area contributed by atoms with E-state index in [1.165, 1.54) is 12.7 Å². The fraction of sp³-hybridized carbons (Fsp3) is 0.545. The Hall–Kier alpha value is -1.77. The number of H-pyrrole nitrogens is 1. The summed E-state index contributed by atoms with van der Waals surface area (Å²) in [5, 5.41) is 29.0. The van der Waals surface area contributed by atoms with Gasteiger partial charge in [-0.3, -0.25) is 4.79 Å². The fourth-order valence-corrected chi connectivity index (χ4v) is 2.66. The standard InChI is InChI=1S/C11H14N4O4/c16-2-5-1-6(9(18)8(5)17)15-4-14-7-10(15)12-3-13-11(7)19/h3-6,8-9,16-18H,1-2H2,(H,12,13,19)/t5-,6-,8-,9-/m1/s1. The summed E-state index contributed by atoms with van der Waals surface area (Å²) in [6.07, 6.45) is 1.08. The molecule has 1 aliphatic rings. The van der Waals surface area contributed by atoms with Gasteiger partial charge in [-0.15, -0.1) is 0 Å². The molecule has 0 spiro atoms. The minimum absolute atomic E-state index is 0.191. The number of aliphatic hydroxyl groups is 3. The molecule has 3 rings (SSSR count). The smallest absolute Gasteiger partial charge is 0.278 e. The van der Waals surface area contributed by atoms with Crippen LogP contribution < -0.4 is 5.56 Å². The number of imidazole rings is 1. The van der Waals surface area contributed by atoms with Crippen molar-refractivity contribution in [3.05, 3.63) is 23.0 Å². The number of aromatic nitrogens is 4. The molecule has 0 bridgehead atoms. The average Bonchev–Trinajstić information content (AvgIpc) is 2.94. The maximum Gasteiger partial charge on any atom is 0.278 e. The molecule has 102 valence electrons. The largest absolute Gasteiger partial charge is 0.396 e. The van der Waals surface area contributed by atoms with Crippen LogP contribution in [0.25, 0.3) is 11.2 Å². The highest BCUT2D eigenvalue weighted by Gasteiger charge is 2.42. The minimum atomic E-state index is -1.02. The first-order valence-corrected chi connectivity index (χ1v) is 6.00. The number of hydrogen-bond donors (Lipinski definition) is 4. The Labute approximate surface area is 107 Å². The predicted octanol–water partition coefficient (Wildman–Crippen LogP) is -1.61. The lowest BCUT2D eigenvalue weighted by Crippen LogP contribution is -2.30. The molecule has 1 aliphatic carbocycles. The molecule has 2 aromatic heterocycles. The van der Waals surface area contributed by atoms with Gasteiger partial charge in [0, 0.05) is 12.5 Å². The zero-order chi connectivity index (χ0) is 13.6. The molecule has 0 saturated heterocycles. The quantitative estimate of drug-likeness (QED) is 0.518. The summed E-state index contributed by atoms with van der Waals surface area (Å²) in [7, 11) is 0. The van der Waals surface area contributed by atoms with Gasteiger partial charge in [-0.2, -0.15) is 0 Å². The van der Waals surface area contributed by atoms with E-state index in [1.807, 2.05) is 0 Å². The molecule has 4 atom stereocenters. The van der Waals surface area contributed by atoms with Gasteiger partial charge < -0.3 is 24.9 Å². The normalized spacial score (nSPS) is 31.1. The third kappa shape index (κ3) is 1.76. The summed E-state index contributed by atoms with van der Waals surface area (Å²) in [4.78, 5) is 22.0. The van der Waals surface area contributed by atoms with Crippen LogP contribution in [0.1, 0.15) is 12.5 Å². The van der Waals surface area contributed by atoms with E-state index in [4.69, 9.17) is 5.11 Å². The van der Waals surface area contributed by atoms with Crippen molar-refractivity contribution in [1.29, 1.82) is 0 Å². The Morgan fingerprint density at radius 3 is 2.84 bits per heavy atom. The van der Waals surface area contributed by atoms with Gasteiger partial charge in [0.15, 0.2) is 11.2 Å². The number of rotatable bonds is 2. The molecule has 4 N–H and O–H groups in total. The summed E-state index contributed by atoms with van der Waals surface area (Å²) >= 11 is 0. The van der Waals surface area contributed by atoms with Crippen LogP contribution in [0.3, 0.4) is 0 Å². The molecule has 19 heavy (non-hydrogen) atoms. The van der Waals surface area contributed by atoms with Crippen LogP contribution in [0.2, 0.25) is 0 Å². The second-order valence-electron chi connectivity index (χ2n) is 4.78. The lowest BCUT2D eigenvalue weighted by atomic mass is 10.1. The Kier molecular flexibility index (Phi) is 2.85. The molecule has 0 amide bonds. The van der Waals surface area contributed by atoms with Gasteiger partial charge in [0.1, 0.15) is 6.10 Å². The highest BCUT2D eigenvalue weighted by Crippen LogP contribution is 2.36. The lowest BCUT2D eigenvalue weighted by Gasteiger charge is -2.17. The summed E-state index contributed by atoms with van der Waals surface area (Å²) < 4.78 is 1.58. The van der Waals surface area contributed by atoms with Gasteiger partial charge in [-0.05, 0) is 6.42 Å². The van der Waals surface area contributed by atoms with Crippen molar-refractivity contribution >= 4 is 11.2 Å². The van der Waals surface area contributed by atoms with E-state index in [2.05, 4.69) is 15.0 Å². The van der Waals surface area contributed by atoms with Crippen molar-refractivity contribution in [2.75, 3.05) is 6.61 Å². The molecule has 0 unspecified atom stereocenters. The Balaban J connectivity index is 2.06. The van der Waals surface area contributed by atoms with Crippen LogP contribution in [0.4, 0.5) is 0 Å². The van der Waals surface area contributed by atoms with Crippen LogP contribution in [-0.4, -0.2) is 53.7 Å². The highest BCUT2D eigenvalue weighted by molar-refractivity contribution is 5.69. The first kappa shape index (κ1) is 12.3. The second-order valence-corrected chi connectivity index (χ2v) is 4.78. The third-order valence-corrected chi connectivity index (χ3v) is 3.73. The molecular formula is C11H14N4O4. The fourth-order valence-electron chi connectivity index (χ4n) is 2.66. The average molecular weight is 266 g/mol. The Morgan fingerprint density at radius 1 is 1.37 bits per heavy atom. The monoisotopic (exact) mass is 266 g/mol. The topological polar surface area (TPSA) is 124 Å². The second kappa shape index (κ2) is 4.41. The summed E-state index contributed by atoms with van der Waals surface area (Å²) in [6, 6.07) is -0.452. The number of aromatic amines is 1. The van der Waals surface area contributed by atoms with Gasteiger partial charge in [0.2, 0.25) is 0 Å². The van der Waals surface area contributed by atoms with Crippen LogP contribution in [0.15, 0.2) is 17.4 Å². The van der Waals surface area contributed by atoms with Crippen molar-refractivity contribution in [1.82, 2.24) is 19.5 Å². The lowest BCUT2D eigenvalue weighted by molar-refractivity contribution is -0.00370. The van der Waals surface area contributed by atoms with E-state index in [-0.39, 0.29) is 23.6 Å². The number of nitrogens with zero attached hydrogens (tertiary/aromatic N) is 3. The van der Waals surface area contributed by atoms with Crippen molar-refractivity contribution in [3.63, 3.8) is 0 Å². The first-order valence-electron chi connectivity index (χ1n) is 6.00. The molecule has 0 aliphatic heterocycles. The van der Waals surface area contributed by atoms with Gasteiger partial charge in [0.25, 0.3) is 5.56 Å². The van der Waals surface area contributed by atoms with Crippen LogP contribution in [-0.2, 0) is 0 Å². The molecule has 1 saturated carbocycles. The molecule has 0 aromatic carbocycles. The van der Waals surface area contributed by atoms with Crippen molar-refractivity contribution in [3.8, 4) is 0 Å². The molecule has 1 fully saturated rings. The van der Waals surface area contributed by atoms with E-state index in [0.717, 1.165) is 0 Å². The highest BCUT2D eigenvalue weighted by atomic mass is 16.3. The zero-order valence-electron chi connectivity index (χ0n) is 9.97. The SMILES string of the molecule is O=c1[nH]cnc2c1ncn2[C@@H]1C[C@H](CO)[C@@H](O)[C@@H]1O. The summed E-state index contributed by atoms with van der Waals surface area (Å²) in [5.74, 6) is -0.389. The molecule has 2 heterocycles. The van der Waals surface area contributed by atoms with Crippen LogP contribution in [0, 0.1) is 5.92 Å². The maximum absolute atomic E-state index is 11.6. The van der Waals surface area contributed by atoms with Crippen molar-refractivity contribution < 1.29 is 15.3 Å². The number of hydrogen-bond acceptors (Lipinski definition) is 6. The van der Waals surface area contributed by atoms with E-state index in [9.17, 15) is 15.0 Å². The first-order chi connectivity index (χ1) is 9.13. The van der Waals surface area contributed by atoms with Gasteiger partial charge >= 0.3 is 0 Å². The number of fused-ring (bicyclic) bond motifs is 1. The third-order valence-electron chi connectivity index (χ3n) is 3.73. The molecular weight excluding hydrogens is 252 g/mol. The van der Waals surface area contributed by atoms with E-state index in [1.54, 1.807) is 4.57 Å². The number of aliphatic hydroxyl groups excluding tert-OH is 3. The molecule has 2 aromatic rings. The Bertz CT molecular complexity index is 651. The van der Waals surface area contributed by atoms with E-state index in [0.29, 0.717) is 12.1 Å². The molecule has 0 radical (unpaired) electrons. The van der Waals surface area contributed by atoms with Crippen LogP contribution in [0.5, 0.6) is 0 Å². The maximum atomic E-state index is 11.6. The minimum Gasteiger partial charge on any atom is -0.396 e. The van der Waals surface area contributed by atoms with Gasteiger partial charge in [-0.25, -0.2) is 9.97 Å². The van der Waals surface area contributed by atoms with Gasteiger partial charge in [0.05, 0.1) is 24.8 Å². The van der Waals surface area contributed by atoms with E-state index >= 15 is 0 Å². The number of nitrogens with one attached hydrogen (secondary N) is 1. The van der Waals surface area contributed by atoms with Gasteiger partial charge in [-0.1, -0.05) is 0 Å². The zero-order valence-corrected chi connectivity index (χ0v) is 9.97. The van der Waals surface area contributed by atoms with Crippen molar-refractivity contribution in [2.24, 2.45) is 5.92 Å². The predicted molar refractivity (Wildman–Crippen MR) is 64.4 cm³/mol. The van der Waals surface area contributed by atoms with Crippen molar-refractivity contribution in [2.45, 2.75) is 24.7 Å². The van der Waals surface area contributed by atoms with Crippen LogP contribution >= 0.6 is 0 Å².